The van der Waals surface area contributed by atoms with Crippen LogP contribution in [0.5, 0.6) is 0 Å². The van der Waals surface area contributed by atoms with Crippen molar-refractivity contribution in [3.8, 4) is 0 Å². The van der Waals surface area contributed by atoms with Crippen LogP contribution in [0.15, 0.2) is 9.59 Å². The zero-order valence-electron chi connectivity index (χ0n) is 9.64. The average Bonchev–Trinajstić information content (AvgIpc) is 2.29. The number of likely N-dealkylation sites (N-methyl/N-ethyl adjacent to an activating group) is 1. The first kappa shape index (κ1) is 11.8. The fraction of sp³-hybridized carbons (Fsp3) is 0.700. The molecule has 3 N–H and O–H groups in total. The Labute approximate surface area is 97.5 Å². The second-order valence-electron chi connectivity index (χ2n) is 4.36. The van der Waals surface area contributed by atoms with Crippen molar-refractivity contribution in [2.45, 2.75) is 37.8 Å². The summed E-state index contributed by atoms with van der Waals surface area (Å²) in [5.41, 5.74) is -1.16. The standard InChI is InChI=1S/C10H16N4O3/c1-14(6-4-2-3-5-7(6)15)8-9(16)11-10(17)13-12-8/h6-7,15H,2-5H2,1H3,(H2,11,13,16,17). The number of hydrogen-bond acceptors (Lipinski definition) is 5. The summed E-state index contributed by atoms with van der Waals surface area (Å²) >= 11 is 0. The first-order valence-corrected chi connectivity index (χ1v) is 5.69. The van der Waals surface area contributed by atoms with E-state index < -0.39 is 17.4 Å². The van der Waals surface area contributed by atoms with Crippen LogP contribution in [-0.4, -0.2) is 39.5 Å². The lowest BCUT2D eigenvalue weighted by Crippen LogP contribution is -2.46. The van der Waals surface area contributed by atoms with Crippen LogP contribution in [0.2, 0.25) is 0 Å². The molecule has 0 spiro atoms. The summed E-state index contributed by atoms with van der Waals surface area (Å²) < 4.78 is 0. The summed E-state index contributed by atoms with van der Waals surface area (Å²) in [6.07, 6.45) is 3.12. The third-order valence-corrected chi connectivity index (χ3v) is 3.22. The molecule has 1 aliphatic rings. The second kappa shape index (κ2) is 4.70. The van der Waals surface area contributed by atoms with Crippen LogP contribution in [0.1, 0.15) is 25.7 Å². The summed E-state index contributed by atoms with van der Waals surface area (Å²) in [5.74, 6) is 0.135. The van der Waals surface area contributed by atoms with Crippen LogP contribution >= 0.6 is 0 Å². The van der Waals surface area contributed by atoms with Gasteiger partial charge in [0, 0.05) is 7.05 Å². The normalized spacial score (nSPS) is 24.6. The van der Waals surface area contributed by atoms with Gasteiger partial charge in [0.2, 0.25) is 5.82 Å². The van der Waals surface area contributed by atoms with E-state index in [2.05, 4.69) is 15.2 Å². The van der Waals surface area contributed by atoms with E-state index in [-0.39, 0.29) is 11.9 Å². The van der Waals surface area contributed by atoms with Crippen LogP contribution in [0, 0.1) is 0 Å². The fourth-order valence-corrected chi connectivity index (χ4v) is 2.28. The average molecular weight is 240 g/mol. The van der Waals surface area contributed by atoms with Crippen LogP contribution in [0.3, 0.4) is 0 Å². The van der Waals surface area contributed by atoms with Gasteiger partial charge in [0.1, 0.15) is 0 Å². The molecule has 17 heavy (non-hydrogen) atoms. The highest BCUT2D eigenvalue weighted by Gasteiger charge is 2.28. The Bertz CT molecular complexity index is 495. The molecule has 2 rings (SSSR count). The molecule has 0 radical (unpaired) electrons. The van der Waals surface area contributed by atoms with E-state index in [1.54, 1.807) is 11.9 Å². The highest BCUT2D eigenvalue weighted by Crippen LogP contribution is 2.23. The molecule has 2 unspecified atom stereocenters. The molecule has 0 aromatic carbocycles. The lowest BCUT2D eigenvalue weighted by Gasteiger charge is -2.35. The molecule has 1 aromatic rings. The molecule has 1 saturated carbocycles. The van der Waals surface area contributed by atoms with E-state index in [4.69, 9.17) is 0 Å². The molecule has 1 fully saturated rings. The Hall–Kier alpha value is -1.63. The molecule has 0 amide bonds. The topological polar surface area (TPSA) is 102 Å². The van der Waals surface area contributed by atoms with Crippen molar-refractivity contribution in [3.05, 3.63) is 20.8 Å². The van der Waals surface area contributed by atoms with E-state index in [0.29, 0.717) is 0 Å². The van der Waals surface area contributed by atoms with E-state index in [1.165, 1.54) is 0 Å². The van der Waals surface area contributed by atoms with Gasteiger partial charge in [-0.2, -0.15) is 0 Å². The summed E-state index contributed by atoms with van der Waals surface area (Å²) in [4.78, 5) is 26.2. The van der Waals surface area contributed by atoms with Crippen molar-refractivity contribution in [1.82, 2.24) is 15.2 Å². The smallest absolute Gasteiger partial charge is 0.342 e. The number of nitrogens with one attached hydrogen (secondary N) is 2. The van der Waals surface area contributed by atoms with Gasteiger partial charge in [-0.15, -0.1) is 5.10 Å². The quantitative estimate of drug-likeness (QED) is 0.628. The zero-order chi connectivity index (χ0) is 12.4. The van der Waals surface area contributed by atoms with E-state index in [0.717, 1.165) is 25.7 Å². The second-order valence-corrected chi connectivity index (χ2v) is 4.36. The summed E-state index contributed by atoms with van der Waals surface area (Å²) in [7, 11) is 1.70. The van der Waals surface area contributed by atoms with Gasteiger partial charge in [-0.05, 0) is 12.8 Å². The molecule has 0 saturated heterocycles. The number of H-pyrrole nitrogens is 2. The van der Waals surface area contributed by atoms with Crippen LogP contribution in [-0.2, 0) is 0 Å². The minimum absolute atomic E-state index is 0.122. The number of anilines is 1. The Balaban J connectivity index is 2.26. The highest BCUT2D eigenvalue weighted by molar-refractivity contribution is 5.35. The summed E-state index contributed by atoms with van der Waals surface area (Å²) in [5, 5.41) is 15.8. The SMILES string of the molecule is CN(c1n[nH]c(=O)[nH]c1=O)C1CCCCC1O. The van der Waals surface area contributed by atoms with E-state index >= 15 is 0 Å². The van der Waals surface area contributed by atoms with Crippen LogP contribution in [0.4, 0.5) is 5.82 Å². The number of aliphatic hydroxyl groups is 1. The maximum atomic E-state index is 11.6. The number of nitrogens with zero attached hydrogens (tertiary/aromatic N) is 2. The molecule has 7 nitrogen and oxygen atoms in total. The molecule has 1 aromatic heterocycles. The Morgan fingerprint density at radius 3 is 2.71 bits per heavy atom. The van der Waals surface area contributed by atoms with Gasteiger partial charge in [0.05, 0.1) is 12.1 Å². The third-order valence-electron chi connectivity index (χ3n) is 3.22. The number of rotatable bonds is 2. The highest BCUT2D eigenvalue weighted by atomic mass is 16.3. The summed E-state index contributed by atoms with van der Waals surface area (Å²) in [6.45, 7) is 0. The molecule has 0 aliphatic heterocycles. The number of aliphatic hydroxyl groups excluding tert-OH is 1. The Morgan fingerprint density at radius 1 is 1.35 bits per heavy atom. The van der Waals surface area contributed by atoms with Crippen LogP contribution in [0.25, 0.3) is 0 Å². The fourth-order valence-electron chi connectivity index (χ4n) is 2.28. The van der Waals surface area contributed by atoms with Crippen molar-refractivity contribution in [3.63, 3.8) is 0 Å². The predicted octanol–water partition coefficient (Wildman–Crippen LogP) is -0.802. The largest absolute Gasteiger partial charge is 0.391 e. The predicted molar refractivity (Wildman–Crippen MR) is 62.1 cm³/mol. The van der Waals surface area contributed by atoms with Gasteiger partial charge in [-0.3, -0.25) is 9.78 Å². The minimum atomic E-state index is -0.628. The minimum Gasteiger partial charge on any atom is -0.391 e. The monoisotopic (exact) mass is 240 g/mol. The first-order valence-electron chi connectivity index (χ1n) is 5.69. The van der Waals surface area contributed by atoms with Gasteiger partial charge < -0.3 is 10.0 Å². The first-order chi connectivity index (χ1) is 8.09. The Morgan fingerprint density at radius 2 is 2.06 bits per heavy atom. The molecule has 2 atom stereocenters. The molecule has 94 valence electrons. The Kier molecular flexibility index (Phi) is 3.28. The summed E-state index contributed by atoms with van der Waals surface area (Å²) in [6, 6.07) is -0.122. The maximum Gasteiger partial charge on any atom is 0.342 e. The zero-order valence-corrected chi connectivity index (χ0v) is 9.64. The molecule has 7 heteroatoms. The third kappa shape index (κ3) is 2.38. The van der Waals surface area contributed by atoms with Gasteiger partial charge in [0.15, 0.2) is 0 Å². The molecular formula is C10H16N4O3. The van der Waals surface area contributed by atoms with Crippen molar-refractivity contribution in [2.24, 2.45) is 0 Å². The van der Waals surface area contributed by atoms with Crippen molar-refractivity contribution in [1.29, 1.82) is 0 Å². The molecular weight excluding hydrogens is 224 g/mol. The van der Waals surface area contributed by atoms with Gasteiger partial charge >= 0.3 is 5.69 Å². The van der Waals surface area contributed by atoms with E-state index in [1.807, 2.05) is 0 Å². The van der Waals surface area contributed by atoms with Crippen molar-refractivity contribution in [2.75, 3.05) is 11.9 Å². The van der Waals surface area contributed by atoms with Gasteiger partial charge in [0.25, 0.3) is 5.56 Å². The van der Waals surface area contributed by atoms with E-state index in [9.17, 15) is 14.7 Å². The molecule has 1 heterocycles. The lowest BCUT2D eigenvalue weighted by atomic mass is 9.92. The van der Waals surface area contributed by atoms with Crippen molar-refractivity contribution >= 4 is 5.82 Å². The lowest BCUT2D eigenvalue weighted by molar-refractivity contribution is 0.106. The van der Waals surface area contributed by atoms with Gasteiger partial charge in [-0.25, -0.2) is 9.89 Å². The van der Waals surface area contributed by atoms with Crippen molar-refractivity contribution < 1.29 is 5.11 Å². The maximum absolute atomic E-state index is 11.6. The van der Waals surface area contributed by atoms with Gasteiger partial charge in [-0.1, -0.05) is 12.8 Å². The molecule has 1 aliphatic carbocycles. The molecule has 0 bridgehead atoms. The number of aromatic nitrogens is 3. The van der Waals surface area contributed by atoms with Crippen LogP contribution < -0.4 is 16.1 Å². The number of hydrogen-bond donors (Lipinski definition) is 3. The number of aromatic amines is 2.